The minimum Gasteiger partial charge on any atom is -0.462 e. The normalized spacial score (nSPS) is 28.9. The van der Waals surface area contributed by atoms with Crippen LogP contribution < -0.4 is 5.73 Å². The van der Waals surface area contributed by atoms with Gasteiger partial charge in [0, 0.05) is 5.56 Å². The smallest absolute Gasteiger partial charge is 0.283 e. The number of hydrogen-bond donors (Lipinski definition) is 1. The van der Waals surface area contributed by atoms with Gasteiger partial charge in [-0.15, -0.1) is 0 Å². The van der Waals surface area contributed by atoms with Crippen molar-refractivity contribution in [3.05, 3.63) is 35.1 Å². The van der Waals surface area contributed by atoms with Crippen LogP contribution in [0, 0.1) is 11.7 Å². The first kappa shape index (κ1) is 14.3. The molecule has 0 spiro atoms. The van der Waals surface area contributed by atoms with Crippen LogP contribution in [0.15, 0.2) is 23.2 Å². The van der Waals surface area contributed by atoms with Crippen molar-refractivity contribution in [1.29, 1.82) is 0 Å². The van der Waals surface area contributed by atoms with E-state index in [9.17, 15) is 8.78 Å². The molecule has 2 aliphatic rings. The molecule has 0 bridgehead atoms. The summed E-state index contributed by atoms with van der Waals surface area (Å²) in [6.07, 6.45) is 3.15. The quantitative estimate of drug-likeness (QED) is 0.927. The van der Waals surface area contributed by atoms with Gasteiger partial charge in [-0.05, 0) is 37.3 Å². The highest BCUT2D eigenvalue weighted by Gasteiger charge is 2.42. The molecule has 2 atom stereocenters. The topological polar surface area (TPSA) is 47.6 Å². The molecule has 0 radical (unpaired) electrons. The van der Waals surface area contributed by atoms with Crippen LogP contribution in [0.1, 0.15) is 37.3 Å². The molecule has 0 unspecified atom stereocenters. The molecule has 0 saturated heterocycles. The molecule has 0 amide bonds. The molecule has 3 nitrogen and oxygen atoms in total. The van der Waals surface area contributed by atoms with E-state index in [2.05, 4.69) is 4.99 Å². The van der Waals surface area contributed by atoms with Crippen LogP contribution in [-0.2, 0) is 16.7 Å². The van der Waals surface area contributed by atoms with Crippen molar-refractivity contribution >= 4 is 6.02 Å². The third-order valence-electron chi connectivity index (χ3n) is 4.44. The third kappa shape index (κ3) is 2.87. The lowest BCUT2D eigenvalue weighted by Gasteiger charge is -2.33. The molecule has 1 heterocycles. The van der Waals surface area contributed by atoms with E-state index in [0.29, 0.717) is 0 Å². The summed E-state index contributed by atoms with van der Waals surface area (Å²) in [6.45, 7) is 1.37. The molecule has 1 aliphatic heterocycles. The number of ether oxygens (including phenoxy) is 1. The van der Waals surface area contributed by atoms with Crippen LogP contribution in [0.4, 0.5) is 8.78 Å². The van der Waals surface area contributed by atoms with E-state index < -0.39 is 17.5 Å². The maximum Gasteiger partial charge on any atom is 0.283 e. The molecule has 5 heteroatoms. The van der Waals surface area contributed by atoms with Crippen molar-refractivity contribution in [2.24, 2.45) is 16.6 Å². The van der Waals surface area contributed by atoms with Gasteiger partial charge in [-0.25, -0.2) is 13.8 Å². The third-order valence-corrected chi connectivity index (χ3v) is 4.44. The number of alkyl halides is 1. The van der Waals surface area contributed by atoms with Crippen LogP contribution in [-0.4, -0.2) is 18.8 Å². The summed E-state index contributed by atoms with van der Waals surface area (Å²) >= 11 is 0. The number of benzene rings is 1. The molecule has 21 heavy (non-hydrogen) atoms. The van der Waals surface area contributed by atoms with Crippen LogP contribution in [0.2, 0.25) is 0 Å². The highest BCUT2D eigenvalue weighted by Crippen LogP contribution is 2.37. The van der Waals surface area contributed by atoms with Crippen LogP contribution in [0.3, 0.4) is 0 Å². The molecule has 1 aliphatic carbocycles. The van der Waals surface area contributed by atoms with E-state index in [1.165, 1.54) is 18.9 Å². The summed E-state index contributed by atoms with van der Waals surface area (Å²) in [5, 5.41) is 0. The molecule has 1 aromatic rings. The fourth-order valence-electron chi connectivity index (χ4n) is 2.77. The van der Waals surface area contributed by atoms with Crippen LogP contribution >= 0.6 is 0 Å². The first-order valence-electron chi connectivity index (χ1n) is 7.40. The summed E-state index contributed by atoms with van der Waals surface area (Å²) in [5.41, 5.74) is 5.51. The Morgan fingerprint density at radius 2 is 2.19 bits per heavy atom. The van der Waals surface area contributed by atoms with Gasteiger partial charge in [0.05, 0.1) is 0 Å². The number of aliphatic imine (C=N–C) groups is 1. The molecular weight excluding hydrogens is 274 g/mol. The second-order valence-electron chi connectivity index (χ2n) is 6.17. The summed E-state index contributed by atoms with van der Waals surface area (Å²) in [6, 6.07) is 4.81. The zero-order chi connectivity index (χ0) is 15.0. The highest BCUT2D eigenvalue weighted by atomic mass is 19.1. The van der Waals surface area contributed by atoms with E-state index in [1.807, 2.05) is 0 Å². The molecule has 114 valence electrons. The zero-order valence-electron chi connectivity index (χ0n) is 12.1. The predicted octanol–water partition coefficient (Wildman–Crippen LogP) is 3.07. The Balaban J connectivity index is 1.91. The van der Waals surface area contributed by atoms with Crippen molar-refractivity contribution in [3.63, 3.8) is 0 Å². The van der Waals surface area contributed by atoms with Gasteiger partial charge in [-0.2, -0.15) is 0 Å². The van der Waals surface area contributed by atoms with Gasteiger partial charge in [0.1, 0.15) is 18.0 Å². The lowest BCUT2D eigenvalue weighted by Crippen LogP contribution is -2.43. The Kier molecular flexibility index (Phi) is 3.59. The average Bonchev–Trinajstić information content (AvgIpc) is 3.26. The van der Waals surface area contributed by atoms with Crippen molar-refractivity contribution in [1.82, 2.24) is 0 Å². The second kappa shape index (κ2) is 5.28. The Bertz CT molecular complexity index is 571. The van der Waals surface area contributed by atoms with Gasteiger partial charge in [0.15, 0.2) is 6.17 Å². The number of aryl methyl sites for hydroxylation is 1. The Morgan fingerprint density at radius 3 is 2.90 bits per heavy atom. The van der Waals surface area contributed by atoms with Crippen molar-refractivity contribution in [2.45, 2.75) is 44.3 Å². The van der Waals surface area contributed by atoms with Crippen molar-refractivity contribution < 1.29 is 13.5 Å². The van der Waals surface area contributed by atoms with Crippen LogP contribution in [0.5, 0.6) is 0 Å². The van der Waals surface area contributed by atoms with Gasteiger partial charge < -0.3 is 10.5 Å². The van der Waals surface area contributed by atoms with E-state index in [1.54, 1.807) is 19.1 Å². The summed E-state index contributed by atoms with van der Waals surface area (Å²) < 4.78 is 33.4. The first-order chi connectivity index (χ1) is 9.99. The Morgan fingerprint density at radius 1 is 1.43 bits per heavy atom. The van der Waals surface area contributed by atoms with Gasteiger partial charge >= 0.3 is 0 Å². The van der Waals surface area contributed by atoms with Gasteiger partial charge in [0.25, 0.3) is 6.02 Å². The summed E-state index contributed by atoms with van der Waals surface area (Å²) in [4.78, 5) is 4.03. The van der Waals surface area contributed by atoms with Gasteiger partial charge in [0.2, 0.25) is 0 Å². The molecule has 1 aromatic carbocycles. The zero-order valence-corrected chi connectivity index (χ0v) is 12.1. The molecule has 1 saturated carbocycles. The Labute approximate surface area is 123 Å². The standard InChI is InChI=1S/C16H20F2N2O/c1-16(14(18)9-21-15(19)20-16)12-8-11(6-7-13(12)17)5-4-10-2-3-10/h6-8,10,14H,2-5,9H2,1H3,(H2,19,20)/t14-,16+/m0/s1. The molecule has 2 N–H and O–H groups in total. The average molecular weight is 294 g/mol. The second-order valence-corrected chi connectivity index (χ2v) is 6.17. The van der Waals surface area contributed by atoms with Crippen molar-refractivity contribution in [2.75, 3.05) is 6.61 Å². The number of hydrogen-bond acceptors (Lipinski definition) is 3. The monoisotopic (exact) mass is 294 g/mol. The minimum absolute atomic E-state index is 0.0887. The summed E-state index contributed by atoms with van der Waals surface area (Å²) in [7, 11) is 0. The highest BCUT2D eigenvalue weighted by molar-refractivity contribution is 5.73. The fourth-order valence-corrected chi connectivity index (χ4v) is 2.77. The molecule has 1 fully saturated rings. The van der Waals surface area contributed by atoms with Gasteiger partial charge in [-0.3, -0.25) is 0 Å². The van der Waals surface area contributed by atoms with E-state index in [-0.39, 0.29) is 18.2 Å². The maximum atomic E-state index is 14.3. The lowest BCUT2D eigenvalue weighted by atomic mass is 9.85. The SMILES string of the molecule is C[C@]1(c2cc(CCC3CC3)ccc2F)N=C(N)OC[C@@H]1F. The maximum absolute atomic E-state index is 14.3. The number of rotatable bonds is 4. The number of nitrogens with zero attached hydrogens (tertiary/aromatic N) is 1. The number of halogens is 2. The van der Waals surface area contributed by atoms with E-state index in [0.717, 1.165) is 24.3 Å². The molecule has 3 rings (SSSR count). The number of amidine groups is 1. The first-order valence-corrected chi connectivity index (χ1v) is 7.40. The Hall–Kier alpha value is -1.65. The van der Waals surface area contributed by atoms with Crippen LogP contribution in [0.25, 0.3) is 0 Å². The van der Waals surface area contributed by atoms with E-state index in [4.69, 9.17) is 10.5 Å². The van der Waals surface area contributed by atoms with Crippen molar-refractivity contribution in [3.8, 4) is 0 Å². The summed E-state index contributed by atoms with van der Waals surface area (Å²) in [5.74, 6) is 0.355. The number of nitrogens with two attached hydrogens (primary N) is 1. The van der Waals surface area contributed by atoms with E-state index >= 15 is 0 Å². The lowest BCUT2D eigenvalue weighted by molar-refractivity contribution is 0.0923. The fraction of sp³-hybridized carbons (Fsp3) is 0.562. The molecular formula is C16H20F2N2O. The van der Waals surface area contributed by atoms with Gasteiger partial charge in [-0.1, -0.05) is 25.0 Å². The largest absolute Gasteiger partial charge is 0.462 e. The minimum atomic E-state index is -1.42. The molecule has 0 aromatic heterocycles. The predicted molar refractivity (Wildman–Crippen MR) is 77.3 cm³/mol.